The molecule has 0 fully saturated rings. The van der Waals surface area contributed by atoms with Crippen molar-refractivity contribution in [2.24, 2.45) is 0 Å². The quantitative estimate of drug-likeness (QED) is 0.739. The highest BCUT2D eigenvalue weighted by atomic mass is 16.5. The number of pyridine rings is 1. The Bertz CT molecular complexity index is 1050. The number of methoxy groups -OCH3 is 2. The molecule has 1 amide bonds. The van der Waals surface area contributed by atoms with Gasteiger partial charge in [-0.05, 0) is 12.5 Å². The van der Waals surface area contributed by atoms with Gasteiger partial charge in [0.2, 0.25) is 11.8 Å². The van der Waals surface area contributed by atoms with Crippen molar-refractivity contribution in [2.75, 3.05) is 20.8 Å². The van der Waals surface area contributed by atoms with Crippen LogP contribution in [0.1, 0.15) is 21.6 Å². The second kappa shape index (κ2) is 6.17. The first-order chi connectivity index (χ1) is 12.6. The third-order valence-corrected chi connectivity index (χ3v) is 4.45. The number of aromatic nitrogens is 4. The Labute approximate surface area is 148 Å². The molecule has 0 saturated carbocycles. The Kier molecular flexibility index (Phi) is 3.83. The number of H-pyrrole nitrogens is 1. The molecule has 0 atom stereocenters. The standard InChI is InChI=1S/C17H17N5O4/c1-25-14-4-3-11(15(20-14)26-2)16(23)21-8-6-10-12(9-21)19-13-5-7-18-22(13)17(10)24/h3-5,7,18H,6,8-9H2,1-2H3. The zero-order valence-electron chi connectivity index (χ0n) is 14.4. The van der Waals surface area contributed by atoms with Gasteiger partial charge in [0.25, 0.3) is 11.5 Å². The lowest BCUT2D eigenvalue weighted by Gasteiger charge is -2.28. The first-order valence-electron chi connectivity index (χ1n) is 8.08. The number of aromatic amines is 1. The normalized spacial score (nSPS) is 13.5. The third-order valence-electron chi connectivity index (χ3n) is 4.45. The fourth-order valence-electron chi connectivity index (χ4n) is 3.13. The summed E-state index contributed by atoms with van der Waals surface area (Å²) in [5.41, 5.74) is 2.01. The lowest BCUT2D eigenvalue weighted by atomic mass is 10.1. The van der Waals surface area contributed by atoms with E-state index >= 15 is 0 Å². The number of ether oxygens (including phenoxy) is 2. The maximum Gasteiger partial charge on any atom is 0.276 e. The number of carbonyl (C=O) groups is 1. The van der Waals surface area contributed by atoms with Crippen molar-refractivity contribution < 1.29 is 14.3 Å². The molecule has 0 saturated heterocycles. The van der Waals surface area contributed by atoms with Crippen molar-refractivity contribution in [2.45, 2.75) is 13.0 Å². The molecule has 0 aliphatic carbocycles. The first-order valence-corrected chi connectivity index (χ1v) is 8.08. The molecule has 9 heteroatoms. The van der Waals surface area contributed by atoms with Crippen molar-refractivity contribution in [1.82, 2.24) is 24.5 Å². The van der Waals surface area contributed by atoms with Crippen molar-refractivity contribution >= 4 is 11.6 Å². The summed E-state index contributed by atoms with van der Waals surface area (Å²) in [6.07, 6.45) is 2.10. The van der Waals surface area contributed by atoms with Crippen LogP contribution in [-0.2, 0) is 13.0 Å². The molecule has 9 nitrogen and oxygen atoms in total. The van der Waals surface area contributed by atoms with Crippen LogP contribution < -0.4 is 15.0 Å². The van der Waals surface area contributed by atoms with E-state index in [2.05, 4.69) is 15.1 Å². The minimum absolute atomic E-state index is 0.120. The number of fused-ring (bicyclic) bond motifs is 2. The predicted molar refractivity (Wildman–Crippen MR) is 91.6 cm³/mol. The van der Waals surface area contributed by atoms with E-state index < -0.39 is 0 Å². The van der Waals surface area contributed by atoms with E-state index in [1.54, 1.807) is 29.3 Å². The molecule has 3 aromatic heterocycles. The van der Waals surface area contributed by atoms with E-state index in [1.807, 2.05) is 0 Å². The van der Waals surface area contributed by atoms with Crippen LogP contribution in [0.5, 0.6) is 11.8 Å². The van der Waals surface area contributed by atoms with Gasteiger partial charge in [-0.15, -0.1) is 0 Å². The van der Waals surface area contributed by atoms with Crippen LogP contribution in [0, 0.1) is 0 Å². The van der Waals surface area contributed by atoms with E-state index in [1.165, 1.54) is 18.7 Å². The molecule has 3 aromatic rings. The molecule has 0 bridgehead atoms. The molecule has 4 rings (SSSR count). The van der Waals surface area contributed by atoms with E-state index in [0.29, 0.717) is 41.3 Å². The Morgan fingerprint density at radius 1 is 1.19 bits per heavy atom. The molecule has 0 radical (unpaired) electrons. The second-order valence-corrected chi connectivity index (χ2v) is 5.89. The molecule has 4 heterocycles. The average Bonchev–Trinajstić information content (AvgIpc) is 3.15. The Morgan fingerprint density at radius 2 is 2.04 bits per heavy atom. The van der Waals surface area contributed by atoms with Gasteiger partial charge in [0.05, 0.1) is 26.5 Å². The summed E-state index contributed by atoms with van der Waals surface area (Å²) in [6.45, 7) is 0.685. The highest BCUT2D eigenvalue weighted by Crippen LogP contribution is 2.24. The third kappa shape index (κ3) is 2.48. The number of rotatable bonds is 3. The Morgan fingerprint density at radius 3 is 2.81 bits per heavy atom. The zero-order valence-corrected chi connectivity index (χ0v) is 14.4. The van der Waals surface area contributed by atoms with Crippen molar-refractivity contribution in [3.05, 3.63) is 51.6 Å². The fraction of sp³-hybridized carbons (Fsp3) is 0.294. The van der Waals surface area contributed by atoms with Crippen molar-refractivity contribution in [3.63, 3.8) is 0 Å². The maximum absolute atomic E-state index is 12.9. The van der Waals surface area contributed by atoms with Gasteiger partial charge in [0, 0.05) is 30.4 Å². The molecule has 0 unspecified atom stereocenters. The number of carbonyl (C=O) groups excluding carboxylic acids is 1. The van der Waals surface area contributed by atoms with E-state index in [9.17, 15) is 9.59 Å². The average molecular weight is 355 g/mol. The van der Waals surface area contributed by atoms with Gasteiger partial charge in [-0.25, -0.2) is 9.50 Å². The SMILES string of the molecule is COc1ccc(C(=O)N2CCc3c(nc4cc[nH]n4c3=O)C2)c(OC)n1. The molecule has 1 aliphatic heterocycles. The summed E-state index contributed by atoms with van der Waals surface area (Å²) in [6, 6.07) is 4.96. The number of nitrogens with one attached hydrogen (secondary N) is 1. The minimum atomic E-state index is -0.223. The van der Waals surface area contributed by atoms with Crippen LogP contribution in [0.2, 0.25) is 0 Å². The smallest absolute Gasteiger partial charge is 0.276 e. The minimum Gasteiger partial charge on any atom is -0.481 e. The summed E-state index contributed by atoms with van der Waals surface area (Å²) < 4.78 is 11.7. The van der Waals surface area contributed by atoms with Crippen molar-refractivity contribution in [1.29, 1.82) is 0 Å². The van der Waals surface area contributed by atoms with E-state index in [0.717, 1.165) is 0 Å². The lowest BCUT2D eigenvalue weighted by Crippen LogP contribution is -2.40. The van der Waals surface area contributed by atoms with Crippen LogP contribution in [0.3, 0.4) is 0 Å². The summed E-state index contributed by atoms with van der Waals surface area (Å²) >= 11 is 0. The van der Waals surface area contributed by atoms with Crippen molar-refractivity contribution in [3.8, 4) is 11.8 Å². The molecular formula is C17H17N5O4. The number of nitrogens with zero attached hydrogens (tertiary/aromatic N) is 4. The van der Waals surface area contributed by atoms with Gasteiger partial charge in [-0.1, -0.05) is 0 Å². The largest absolute Gasteiger partial charge is 0.481 e. The summed E-state index contributed by atoms with van der Waals surface area (Å²) in [5, 5.41) is 2.85. The summed E-state index contributed by atoms with van der Waals surface area (Å²) in [7, 11) is 2.95. The Hall–Kier alpha value is -3.36. The van der Waals surface area contributed by atoms with Crippen LogP contribution in [0.15, 0.2) is 29.2 Å². The van der Waals surface area contributed by atoms with Gasteiger partial charge >= 0.3 is 0 Å². The maximum atomic E-state index is 12.9. The van der Waals surface area contributed by atoms with Gasteiger partial charge in [0.15, 0.2) is 5.65 Å². The summed E-state index contributed by atoms with van der Waals surface area (Å²) in [4.78, 5) is 35.7. The predicted octanol–water partition coefficient (Wildman–Crippen LogP) is 0.633. The van der Waals surface area contributed by atoms with Crippen LogP contribution in [0.4, 0.5) is 0 Å². The molecule has 134 valence electrons. The zero-order chi connectivity index (χ0) is 18.3. The second-order valence-electron chi connectivity index (χ2n) is 5.89. The molecule has 1 aliphatic rings. The number of amides is 1. The highest BCUT2D eigenvalue weighted by Gasteiger charge is 2.28. The molecule has 26 heavy (non-hydrogen) atoms. The monoisotopic (exact) mass is 355 g/mol. The van der Waals surface area contributed by atoms with Gasteiger partial charge in [0.1, 0.15) is 5.56 Å². The molecule has 1 N–H and O–H groups in total. The van der Waals surface area contributed by atoms with Crippen LogP contribution >= 0.6 is 0 Å². The van der Waals surface area contributed by atoms with Gasteiger partial charge < -0.3 is 14.4 Å². The lowest BCUT2D eigenvalue weighted by molar-refractivity contribution is 0.0727. The van der Waals surface area contributed by atoms with Crippen LogP contribution in [0.25, 0.3) is 5.65 Å². The molecular weight excluding hydrogens is 338 g/mol. The topological polar surface area (TPSA) is 102 Å². The summed E-state index contributed by atoms with van der Waals surface area (Å²) in [5.74, 6) is 0.347. The molecule has 0 aromatic carbocycles. The number of hydrogen-bond acceptors (Lipinski definition) is 6. The van der Waals surface area contributed by atoms with Gasteiger partial charge in [-0.3, -0.25) is 14.7 Å². The van der Waals surface area contributed by atoms with E-state index in [4.69, 9.17) is 9.47 Å². The molecule has 0 spiro atoms. The van der Waals surface area contributed by atoms with Crippen LogP contribution in [-0.4, -0.2) is 51.2 Å². The Balaban J connectivity index is 1.68. The van der Waals surface area contributed by atoms with E-state index in [-0.39, 0.29) is 23.9 Å². The fourth-order valence-corrected chi connectivity index (χ4v) is 3.13. The highest BCUT2D eigenvalue weighted by molar-refractivity contribution is 5.96. The van der Waals surface area contributed by atoms with Gasteiger partial charge in [-0.2, -0.15) is 4.98 Å². The number of hydrogen-bond donors (Lipinski definition) is 1. The first kappa shape index (κ1) is 16.1.